The maximum Gasteiger partial charge on any atom is 0.267 e. The molecule has 6 rings (SSSR count). The van der Waals surface area contributed by atoms with Crippen molar-refractivity contribution < 1.29 is 13.9 Å². The lowest BCUT2D eigenvalue weighted by atomic mass is 10.0. The molecule has 1 saturated heterocycles. The summed E-state index contributed by atoms with van der Waals surface area (Å²) in [6.45, 7) is 0.262. The predicted molar refractivity (Wildman–Crippen MR) is 165 cm³/mol. The molecule has 0 aliphatic carbocycles. The lowest BCUT2D eigenvalue weighted by molar-refractivity contribution is -0.122. The summed E-state index contributed by atoms with van der Waals surface area (Å²) >= 11 is 1.29. The van der Waals surface area contributed by atoms with Crippen LogP contribution in [0.4, 0.5) is 0 Å². The monoisotopic (exact) mass is 555 g/mol. The molecule has 1 aliphatic heterocycles. The number of hydrogen-bond acceptors (Lipinski definition) is 6. The Morgan fingerprint density at radius 1 is 0.756 bits per heavy atom. The number of nitrogens with zero attached hydrogens (tertiary/aromatic N) is 3. The van der Waals surface area contributed by atoms with Gasteiger partial charge >= 0.3 is 0 Å². The third-order valence-corrected chi connectivity index (χ3v) is 7.28. The largest absolute Gasteiger partial charge is 0.467 e. The van der Waals surface area contributed by atoms with E-state index in [1.165, 1.54) is 11.8 Å². The van der Waals surface area contributed by atoms with Crippen LogP contribution in [0.2, 0.25) is 0 Å². The molecular formula is C34H25N3O3S. The van der Waals surface area contributed by atoms with E-state index in [-0.39, 0.29) is 12.5 Å². The summed E-state index contributed by atoms with van der Waals surface area (Å²) in [5.41, 5.74) is 4.02. The zero-order valence-electron chi connectivity index (χ0n) is 22.0. The summed E-state index contributed by atoms with van der Waals surface area (Å²) in [4.78, 5) is 15.6. The van der Waals surface area contributed by atoms with Crippen LogP contribution in [0, 0.1) is 0 Å². The molecular weight excluding hydrogens is 530 g/mol. The Morgan fingerprint density at radius 2 is 1.49 bits per heavy atom. The highest BCUT2D eigenvalue weighted by Gasteiger charge is 2.34. The van der Waals surface area contributed by atoms with Crippen LogP contribution in [0.3, 0.4) is 0 Å². The second-order valence-corrected chi connectivity index (χ2v) is 10.2. The Labute approximate surface area is 242 Å². The van der Waals surface area contributed by atoms with Crippen molar-refractivity contribution in [2.45, 2.75) is 6.54 Å². The smallest absolute Gasteiger partial charge is 0.267 e. The highest BCUT2D eigenvalue weighted by Crippen LogP contribution is 2.34. The maximum atomic E-state index is 13.4. The average molecular weight is 556 g/mol. The average Bonchev–Trinajstić information content (AvgIpc) is 3.63. The van der Waals surface area contributed by atoms with Gasteiger partial charge < -0.3 is 9.15 Å². The van der Waals surface area contributed by atoms with Crippen molar-refractivity contribution in [3.05, 3.63) is 149 Å². The first-order valence-corrected chi connectivity index (χ1v) is 13.9. The van der Waals surface area contributed by atoms with Crippen LogP contribution in [0.15, 0.2) is 147 Å². The number of hydrogen-bond donors (Lipinski definition) is 0. The topological polar surface area (TPSA) is 67.4 Å². The molecule has 0 bridgehead atoms. The third-order valence-electron chi connectivity index (χ3n) is 6.28. The molecule has 7 heteroatoms. The second-order valence-electron chi connectivity index (χ2n) is 9.18. The molecule has 41 heavy (non-hydrogen) atoms. The van der Waals surface area contributed by atoms with Crippen molar-refractivity contribution in [1.82, 2.24) is 4.90 Å². The minimum absolute atomic E-state index is 0.147. The number of carbonyl (C=O) groups excluding carboxylic acids is 1. The normalized spacial score (nSPS) is 15.3. The number of thioether (sulfide) groups is 1. The molecule has 1 amide bonds. The van der Waals surface area contributed by atoms with Crippen molar-refractivity contribution in [2.24, 2.45) is 10.2 Å². The molecule has 0 radical (unpaired) electrons. The summed E-state index contributed by atoms with van der Waals surface area (Å²) in [5, 5.41) is 9.21. The fourth-order valence-electron chi connectivity index (χ4n) is 4.26. The van der Waals surface area contributed by atoms with E-state index in [4.69, 9.17) is 9.15 Å². The molecule has 0 unspecified atom stereocenters. The van der Waals surface area contributed by atoms with E-state index < -0.39 is 0 Å². The fraction of sp³-hybridized carbons (Fsp3) is 0.0294. The van der Waals surface area contributed by atoms with Gasteiger partial charge in [0.2, 0.25) is 0 Å². The Balaban J connectivity index is 1.22. The van der Waals surface area contributed by atoms with Crippen molar-refractivity contribution in [1.29, 1.82) is 0 Å². The maximum absolute atomic E-state index is 13.4. The van der Waals surface area contributed by atoms with E-state index in [0.29, 0.717) is 21.6 Å². The number of furan rings is 1. The molecule has 0 spiro atoms. The van der Waals surface area contributed by atoms with E-state index in [1.807, 2.05) is 97.1 Å². The Hall–Kier alpha value is -5.14. The molecule has 200 valence electrons. The predicted octanol–water partition coefficient (Wildman–Crippen LogP) is 8.25. The van der Waals surface area contributed by atoms with Gasteiger partial charge in [0, 0.05) is 0 Å². The van der Waals surface area contributed by atoms with Crippen LogP contribution < -0.4 is 4.74 Å². The first kappa shape index (κ1) is 26.1. The fourth-order valence-corrected chi connectivity index (χ4v) is 5.20. The second kappa shape index (κ2) is 12.4. The van der Waals surface area contributed by atoms with Crippen molar-refractivity contribution in [3.63, 3.8) is 0 Å². The number of amidine groups is 1. The highest BCUT2D eigenvalue weighted by molar-refractivity contribution is 8.18. The molecule has 1 aromatic heterocycles. The highest BCUT2D eigenvalue weighted by atomic mass is 32.2. The van der Waals surface area contributed by atoms with E-state index in [0.717, 1.165) is 28.0 Å². The summed E-state index contributed by atoms with van der Waals surface area (Å²) in [7, 11) is 0. The van der Waals surface area contributed by atoms with E-state index >= 15 is 0 Å². The van der Waals surface area contributed by atoms with Crippen molar-refractivity contribution in [3.8, 4) is 22.6 Å². The standard InChI is InChI=1S/C34H25N3O3S/c38-33-32(22-25-16-18-28(19-17-25)27-10-3-1-4-11-27)41-34(37(33)24-31-15-8-20-39-31)36-35-23-26-9-7-14-30(21-26)40-29-12-5-2-6-13-29/h1-23H,24H2/b32-22-,35-23+,36-34+. The summed E-state index contributed by atoms with van der Waals surface area (Å²) in [6.07, 6.45) is 5.12. The summed E-state index contributed by atoms with van der Waals surface area (Å²) in [6, 6.07) is 39.1. The molecule has 4 aromatic carbocycles. The lowest BCUT2D eigenvalue weighted by Gasteiger charge is -2.12. The van der Waals surface area contributed by atoms with Gasteiger partial charge in [0.15, 0.2) is 5.17 Å². The number of para-hydroxylation sites is 1. The number of carbonyl (C=O) groups is 1. The first-order valence-electron chi connectivity index (χ1n) is 13.0. The Bertz CT molecular complexity index is 1710. The van der Waals surface area contributed by atoms with E-state index in [2.05, 4.69) is 34.5 Å². The Morgan fingerprint density at radius 3 is 2.24 bits per heavy atom. The van der Waals surface area contributed by atoms with E-state index in [9.17, 15) is 4.79 Å². The van der Waals surface area contributed by atoms with Crippen LogP contribution in [0.25, 0.3) is 17.2 Å². The molecule has 6 nitrogen and oxygen atoms in total. The van der Waals surface area contributed by atoms with Gasteiger partial charge in [-0.3, -0.25) is 9.69 Å². The zero-order valence-corrected chi connectivity index (χ0v) is 22.8. The van der Waals surface area contributed by atoms with Crippen LogP contribution in [-0.2, 0) is 11.3 Å². The SMILES string of the molecule is O=C1/C(=C/c2ccc(-c3ccccc3)cc2)S/C(=N/N=C/c2cccc(Oc3ccccc3)c2)N1Cc1ccco1. The van der Waals surface area contributed by atoms with Gasteiger partial charge in [0.1, 0.15) is 17.3 Å². The number of amides is 1. The molecule has 1 fully saturated rings. The van der Waals surface area contributed by atoms with Gasteiger partial charge in [-0.2, -0.15) is 5.10 Å². The lowest BCUT2D eigenvalue weighted by Crippen LogP contribution is -2.28. The minimum Gasteiger partial charge on any atom is -0.467 e. The molecule has 0 N–H and O–H groups in total. The molecule has 5 aromatic rings. The zero-order chi connectivity index (χ0) is 27.9. The number of rotatable bonds is 8. The molecule has 0 atom stereocenters. The van der Waals surface area contributed by atoms with Crippen molar-refractivity contribution in [2.75, 3.05) is 0 Å². The van der Waals surface area contributed by atoms with Gasteiger partial charge in [-0.15, -0.1) is 5.10 Å². The van der Waals surface area contributed by atoms with Crippen LogP contribution in [0.1, 0.15) is 16.9 Å². The minimum atomic E-state index is -0.147. The van der Waals surface area contributed by atoms with Crippen LogP contribution in [0.5, 0.6) is 11.5 Å². The number of ether oxygens (including phenoxy) is 1. The van der Waals surface area contributed by atoms with Gasteiger partial charge in [0.25, 0.3) is 5.91 Å². The quantitative estimate of drug-likeness (QED) is 0.110. The van der Waals surface area contributed by atoms with Gasteiger partial charge in [-0.1, -0.05) is 84.9 Å². The van der Waals surface area contributed by atoms with E-state index in [1.54, 1.807) is 23.4 Å². The molecule has 0 saturated carbocycles. The Kier molecular flexibility index (Phi) is 7.87. The number of benzene rings is 4. The third kappa shape index (κ3) is 6.54. The van der Waals surface area contributed by atoms with Crippen molar-refractivity contribution >= 4 is 35.1 Å². The first-order chi connectivity index (χ1) is 20.2. The van der Waals surface area contributed by atoms with Crippen LogP contribution in [-0.4, -0.2) is 22.2 Å². The molecule has 2 heterocycles. The molecule has 1 aliphatic rings. The summed E-state index contributed by atoms with van der Waals surface area (Å²) < 4.78 is 11.4. The summed E-state index contributed by atoms with van der Waals surface area (Å²) in [5.74, 6) is 1.96. The van der Waals surface area contributed by atoms with Gasteiger partial charge in [-0.05, 0) is 76.5 Å². The van der Waals surface area contributed by atoms with Gasteiger partial charge in [0.05, 0.1) is 23.9 Å². The van der Waals surface area contributed by atoms with Crippen LogP contribution >= 0.6 is 11.8 Å². The van der Waals surface area contributed by atoms with Gasteiger partial charge in [-0.25, -0.2) is 0 Å².